The molecule has 0 aromatic rings. The number of rotatable bonds is 67. The second-order valence-electron chi connectivity index (χ2n) is 23.8. The van der Waals surface area contributed by atoms with Gasteiger partial charge in [-0.05, 0) is 128 Å². The highest BCUT2D eigenvalue weighted by molar-refractivity contribution is 7.47. The van der Waals surface area contributed by atoms with Gasteiger partial charge < -0.3 is 33.8 Å². The van der Waals surface area contributed by atoms with Crippen molar-refractivity contribution in [3.63, 3.8) is 0 Å². The van der Waals surface area contributed by atoms with E-state index >= 15 is 0 Å². The lowest BCUT2D eigenvalue weighted by molar-refractivity contribution is -0.161. The number of hydrogen-bond donors (Lipinski definition) is 3. The number of phosphoric ester groups is 2. The lowest BCUT2D eigenvalue weighted by Gasteiger charge is -2.21. The summed E-state index contributed by atoms with van der Waals surface area (Å²) in [6.07, 6.45) is 74.7. The number of aliphatic hydroxyl groups is 1. The van der Waals surface area contributed by atoms with Gasteiger partial charge >= 0.3 is 39.5 Å². The van der Waals surface area contributed by atoms with Crippen molar-refractivity contribution in [1.82, 2.24) is 0 Å². The number of phosphoric acid groups is 2. The van der Waals surface area contributed by atoms with Crippen molar-refractivity contribution < 1.29 is 80.2 Å². The first-order valence-electron chi connectivity index (χ1n) is 36.4. The van der Waals surface area contributed by atoms with Crippen LogP contribution >= 0.6 is 15.6 Å². The smallest absolute Gasteiger partial charge is 0.462 e. The molecular formula is C77H128O17P2. The highest BCUT2D eigenvalue weighted by Gasteiger charge is 2.30. The topological polar surface area (TPSA) is 237 Å². The number of aliphatic hydroxyl groups excluding tert-OH is 1. The minimum absolute atomic E-state index is 0.0624. The van der Waals surface area contributed by atoms with Gasteiger partial charge in [0.1, 0.15) is 19.3 Å². The molecule has 3 N–H and O–H groups in total. The molecule has 0 heterocycles. The van der Waals surface area contributed by atoms with Crippen molar-refractivity contribution in [1.29, 1.82) is 0 Å². The number of ether oxygens (including phenoxy) is 4. The summed E-state index contributed by atoms with van der Waals surface area (Å²) in [6, 6.07) is 0. The van der Waals surface area contributed by atoms with Crippen LogP contribution in [0.15, 0.2) is 134 Å². The van der Waals surface area contributed by atoms with Crippen molar-refractivity contribution in [3.8, 4) is 0 Å². The first-order chi connectivity index (χ1) is 46.7. The van der Waals surface area contributed by atoms with Gasteiger partial charge in [-0.15, -0.1) is 0 Å². The Labute approximate surface area is 580 Å². The largest absolute Gasteiger partial charge is 0.472 e. The minimum atomic E-state index is -4.99. The average molecular weight is 1390 g/mol. The van der Waals surface area contributed by atoms with E-state index in [0.29, 0.717) is 32.1 Å². The fourth-order valence-electron chi connectivity index (χ4n) is 9.11. The molecular weight excluding hydrogens is 1260 g/mol. The zero-order valence-corrected chi connectivity index (χ0v) is 61.3. The number of hydrogen-bond acceptors (Lipinski definition) is 15. The lowest BCUT2D eigenvalue weighted by Crippen LogP contribution is -2.30. The maximum absolute atomic E-state index is 13.0. The molecule has 0 amide bonds. The SMILES string of the molecule is CC/C=C\C/C=C\C/C=C\C/C=C\C/C=C\CCCC(=O)OCC(COP(=O)(O)OCC(O)COP(=O)(O)OCC(COC(=O)CCCC/C=C\C/C=C\C/C=C\C/C=C\CC)OC(=O)CCCCCCCCCCCCC)OC(=O)CCCCCCC/C=C\C/C=C\CCC. The first kappa shape index (κ1) is 91.2. The summed E-state index contributed by atoms with van der Waals surface area (Å²) >= 11 is 0. The molecule has 0 saturated carbocycles. The summed E-state index contributed by atoms with van der Waals surface area (Å²) in [5, 5.41) is 10.6. The number of esters is 4. The van der Waals surface area contributed by atoms with Crippen LogP contribution in [0.3, 0.4) is 0 Å². The Hall–Kier alpha value is -4.80. The van der Waals surface area contributed by atoms with Crippen molar-refractivity contribution in [2.24, 2.45) is 0 Å². The van der Waals surface area contributed by atoms with Crippen molar-refractivity contribution in [2.75, 3.05) is 39.6 Å². The van der Waals surface area contributed by atoms with Gasteiger partial charge in [-0.2, -0.15) is 0 Å². The number of carbonyl (C=O) groups is 4. The molecule has 96 heavy (non-hydrogen) atoms. The molecule has 0 aliphatic heterocycles. The summed E-state index contributed by atoms with van der Waals surface area (Å²) in [4.78, 5) is 72.6. The minimum Gasteiger partial charge on any atom is -0.462 e. The van der Waals surface area contributed by atoms with E-state index in [0.717, 1.165) is 148 Å². The van der Waals surface area contributed by atoms with Crippen molar-refractivity contribution in [3.05, 3.63) is 134 Å². The Bertz CT molecular complexity index is 2350. The third kappa shape index (κ3) is 67.8. The Morgan fingerprint density at radius 3 is 0.938 bits per heavy atom. The van der Waals surface area contributed by atoms with Crippen molar-refractivity contribution >= 4 is 39.5 Å². The summed E-state index contributed by atoms with van der Waals surface area (Å²) in [5.41, 5.74) is 0. The van der Waals surface area contributed by atoms with Gasteiger partial charge in [0.2, 0.25) is 0 Å². The number of unbranched alkanes of at least 4 members (excludes halogenated alkanes) is 19. The van der Waals surface area contributed by atoms with E-state index in [-0.39, 0.29) is 25.7 Å². The summed E-state index contributed by atoms with van der Waals surface area (Å²) < 4.78 is 68.2. The van der Waals surface area contributed by atoms with Gasteiger partial charge in [-0.3, -0.25) is 37.3 Å². The third-order valence-electron chi connectivity index (χ3n) is 14.6. The van der Waals surface area contributed by atoms with Crippen molar-refractivity contribution in [2.45, 2.75) is 290 Å². The quantitative estimate of drug-likeness (QED) is 0.0169. The Morgan fingerprint density at radius 2 is 0.573 bits per heavy atom. The van der Waals surface area contributed by atoms with E-state index in [9.17, 15) is 43.2 Å². The average Bonchev–Trinajstić information content (AvgIpc) is 1.17. The van der Waals surface area contributed by atoms with Crippen LogP contribution in [0.5, 0.6) is 0 Å². The van der Waals surface area contributed by atoms with E-state index in [1.807, 2.05) is 12.2 Å². The molecule has 5 unspecified atom stereocenters. The molecule has 548 valence electrons. The van der Waals surface area contributed by atoms with Crippen LogP contribution in [0.2, 0.25) is 0 Å². The molecule has 0 aliphatic carbocycles. The second kappa shape index (κ2) is 68.7. The van der Waals surface area contributed by atoms with Crippen LogP contribution in [0, 0.1) is 0 Å². The normalized spacial score (nSPS) is 14.8. The molecule has 5 atom stereocenters. The zero-order valence-electron chi connectivity index (χ0n) is 59.5. The molecule has 0 aromatic carbocycles. The third-order valence-corrected chi connectivity index (χ3v) is 16.5. The fraction of sp³-hybridized carbons (Fsp3) is 0.662. The maximum Gasteiger partial charge on any atom is 0.472 e. The van der Waals surface area contributed by atoms with Gasteiger partial charge in [0.05, 0.1) is 26.4 Å². The van der Waals surface area contributed by atoms with Crippen LogP contribution in [0.1, 0.15) is 272 Å². The molecule has 0 aromatic heterocycles. The number of allylic oxidation sites excluding steroid dienone is 22. The second-order valence-corrected chi connectivity index (χ2v) is 26.7. The van der Waals surface area contributed by atoms with E-state index in [1.165, 1.54) is 38.5 Å². The highest BCUT2D eigenvalue weighted by Crippen LogP contribution is 2.45. The molecule has 0 spiro atoms. The molecule has 0 aliphatic rings. The molecule has 0 bridgehead atoms. The van der Waals surface area contributed by atoms with Gasteiger partial charge in [0.25, 0.3) is 0 Å². The lowest BCUT2D eigenvalue weighted by atomic mass is 10.1. The van der Waals surface area contributed by atoms with Crippen LogP contribution in [-0.4, -0.2) is 96.7 Å². The maximum atomic E-state index is 13.0. The van der Waals surface area contributed by atoms with Gasteiger partial charge in [-0.25, -0.2) is 9.13 Å². The van der Waals surface area contributed by atoms with E-state index in [4.69, 9.17) is 37.0 Å². The zero-order chi connectivity index (χ0) is 70.4. The number of carbonyl (C=O) groups excluding carboxylic acids is 4. The summed E-state index contributed by atoms with van der Waals surface area (Å²) in [6.45, 7) is 4.42. The Morgan fingerprint density at radius 1 is 0.302 bits per heavy atom. The first-order valence-corrected chi connectivity index (χ1v) is 39.4. The van der Waals surface area contributed by atoms with Crippen LogP contribution < -0.4 is 0 Å². The molecule has 0 fully saturated rings. The standard InChI is InChI=1S/C77H128O17P2/c1-5-9-13-17-21-25-29-32-34-35-37-40-43-46-50-54-58-62-75(80)88-68-73(94-77(82)64-60-56-52-48-44-38-31-27-23-19-15-11-7-3)70-92-96(85,86)90-66-71(78)65-89-95(83,84)91-69-72(93-76(81)63-59-55-51-47-41-28-24-20-16-12-8-4)67-87-74(79)61-57-53-49-45-42-39-36-33-30-26-22-18-14-10-6-2/h9-10,13-15,19,21-22,25-27,31-34,36-37,40,42,45-46,50,71-73,78H,5-8,11-12,16-18,20,23-24,28-30,35,38-39,41,43-44,47-49,51-70H2,1-4H3,(H,83,84)(H,85,86)/b13-9-,14-10-,19-15-,25-21-,26-22-,31-27-,34-32-,36-33-,40-37-,45-42-,50-46-. The van der Waals surface area contributed by atoms with Gasteiger partial charge in [0, 0.05) is 25.7 Å². The van der Waals surface area contributed by atoms with Crippen LogP contribution in [-0.2, 0) is 65.4 Å². The van der Waals surface area contributed by atoms with E-state index in [2.05, 4.69) is 149 Å². The Balaban J connectivity index is 5.41. The highest BCUT2D eigenvalue weighted by atomic mass is 31.2. The summed E-state index contributed by atoms with van der Waals surface area (Å²) in [5.74, 6) is -2.31. The van der Waals surface area contributed by atoms with Crippen LogP contribution in [0.4, 0.5) is 0 Å². The predicted octanol–water partition coefficient (Wildman–Crippen LogP) is 20.5. The summed E-state index contributed by atoms with van der Waals surface area (Å²) in [7, 11) is -9.97. The monoisotopic (exact) mass is 1390 g/mol. The molecule has 0 saturated heterocycles. The Kier molecular flexibility index (Phi) is 65.3. The molecule has 0 radical (unpaired) electrons. The van der Waals surface area contributed by atoms with Gasteiger partial charge in [0.15, 0.2) is 12.2 Å². The predicted molar refractivity (Wildman–Crippen MR) is 390 cm³/mol. The molecule has 17 nitrogen and oxygen atoms in total. The molecule has 19 heteroatoms. The fourth-order valence-corrected chi connectivity index (χ4v) is 10.7. The van der Waals surface area contributed by atoms with E-state index in [1.54, 1.807) is 0 Å². The molecule has 0 rings (SSSR count). The van der Waals surface area contributed by atoms with E-state index < -0.39 is 97.5 Å². The van der Waals surface area contributed by atoms with Crippen LogP contribution in [0.25, 0.3) is 0 Å². The van der Waals surface area contributed by atoms with Gasteiger partial charge in [-0.1, -0.05) is 251 Å².